The minimum Gasteiger partial charge on any atom is -0.380 e. The predicted molar refractivity (Wildman–Crippen MR) is 69.9 cm³/mol. The van der Waals surface area contributed by atoms with Gasteiger partial charge in [0.1, 0.15) is 4.47 Å². The van der Waals surface area contributed by atoms with E-state index in [1.807, 2.05) is 6.92 Å². The molecule has 16 heavy (non-hydrogen) atoms. The zero-order valence-corrected chi connectivity index (χ0v) is 11.5. The van der Waals surface area contributed by atoms with E-state index in [0.29, 0.717) is 17.1 Å². The molecule has 5 heteroatoms. The van der Waals surface area contributed by atoms with Gasteiger partial charge in [-0.2, -0.15) is 5.10 Å². The SMILES string of the molecule is CCCn1ncc(NC(C)CC)c(Br)c1=O. The number of hydrogen-bond donors (Lipinski definition) is 1. The summed E-state index contributed by atoms with van der Waals surface area (Å²) in [5.74, 6) is 0. The fraction of sp³-hybridized carbons (Fsp3) is 0.636. The van der Waals surface area contributed by atoms with Gasteiger partial charge < -0.3 is 5.32 Å². The van der Waals surface area contributed by atoms with E-state index in [9.17, 15) is 4.79 Å². The van der Waals surface area contributed by atoms with Gasteiger partial charge in [0.2, 0.25) is 0 Å². The third-order valence-electron chi connectivity index (χ3n) is 2.43. The molecule has 0 spiro atoms. The van der Waals surface area contributed by atoms with Crippen molar-refractivity contribution >= 4 is 21.6 Å². The highest BCUT2D eigenvalue weighted by Gasteiger charge is 2.09. The van der Waals surface area contributed by atoms with Crippen LogP contribution in [-0.2, 0) is 6.54 Å². The minimum absolute atomic E-state index is 0.0739. The maximum atomic E-state index is 11.9. The number of rotatable bonds is 5. The highest BCUT2D eigenvalue weighted by molar-refractivity contribution is 9.10. The standard InChI is InChI=1S/C11H18BrN3O/c1-4-6-15-11(16)10(12)9(7-13-15)14-8(3)5-2/h7-8,14H,4-6H2,1-3H3. The Morgan fingerprint density at radius 3 is 2.81 bits per heavy atom. The highest BCUT2D eigenvalue weighted by atomic mass is 79.9. The Hall–Kier alpha value is -0.840. The number of nitrogens with one attached hydrogen (secondary N) is 1. The Labute approximate surface area is 104 Å². The summed E-state index contributed by atoms with van der Waals surface area (Å²) in [6.07, 6.45) is 3.61. The molecule has 0 aliphatic rings. The fourth-order valence-corrected chi connectivity index (χ4v) is 1.73. The normalized spacial score (nSPS) is 12.5. The second kappa shape index (κ2) is 6.03. The largest absolute Gasteiger partial charge is 0.380 e. The summed E-state index contributed by atoms with van der Waals surface area (Å²) < 4.78 is 2.04. The van der Waals surface area contributed by atoms with Crippen LogP contribution < -0.4 is 10.9 Å². The molecule has 1 heterocycles. The lowest BCUT2D eigenvalue weighted by atomic mass is 10.2. The van der Waals surface area contributed by atoms with Crippen molar-refractivity contribution in [3.63, 3.8) is 0 Å². The quantitative estimate of drug-likeness (QED) is 0.906. The molecule has 0 fully saturated rings. The van der Waals surface area contributed by atoms with Crippen LogP contribution in [0.3, 0.4) is 0 Å². The van der Waals surface area contributed by atoms with Crippen molar-refractivity contribution in [1.29, 1.82) is 0 Å². The van der Waals surface area contributed by atoms with E-state index in [1.54, 1.807) is 6.20 Å². The number of nitrogens with zero attached hydrogens (tertiary/aromatic N) is 2. The van der Waals surface area contributed by atoms with E-state index in [0.717, 1.165) is 18.5 Å². The van der Waals surface area contributed by atoms with Gasteiger partial charge in [0.25, 0.3) is 5.56 Å². The molecule has 1 atom stereocenters. The van der Waals surface area contributed by atoms with Gasteiger partial charge in [-0.25, -0.2) is 4.68 Å². The van der Waals surface area contributed by atoms with E-state index in [1.165, 1.54) is 4.68 Å². The molecule has 1 N–H and O–H groups in total. The smallest absolute Gasteiger partial charge is 0.283 e. The van der Waals surface area contributed by atoms with Crippen LogP contribution in [-0.4, -0.2) is 15.8 Å². The number of hydrogen-bond acceptors (Lipinski definition) is 3. The molecule has 90 valence electrons. The first-order valence-corrected chi connectivity index (χ1v) is 6.41. The van der Waals surface area contributed by atoms with Gasteiger partial charge in [-0.1, -0.05) is 13.8 Å². The van der Waals surface area contributed by atoms with Gasteiger partial charge in [-0.3, -0.25) is 4.79 Å². The van der Waals surface area contributed by atoms with E-state index in [-0.39, 0.29) is 5.56 Å². The van der Waals surface area contributed by atoms with Crippen LogP contribution in [0.2, 0.25) is 0 Å². The molecule has 0 aromatic carbocycles. The van der Waals surface area contributed by atoms with Crippen molar-refractivity contribution in [1.82, 2.24) is 9.78 Å². The maximum absolute atomic E-state index is 11.9. The molecule has 1 rings (SSSR count). The second-order valence-corrected chi connectivity index (χ2v) is 4.65. The summed E-state index contributed by atoms with van der Waals surface area (Å²) in [5.41, 5.74) is 0.696. The van der Waals surface area contributed by atoms with Gasteiger partial charge in [0, 0.05) is 12.6 Å². The summed E-state index contributed by atoms with van der Waals surface area (Å²) in [7, 11) is 0. The van der Waals surface area contributed by atoms with Gasteiger partial charge >= 0.3 is 0 Å². The van der Waals surface area contributed by atoms with E-state index in [4.69, 9.17) is 0 Å². The molecule has 0 amide bonds. The molecule has 1 unspecified atom stereocenters. The lowest BCUT2D eigenvalue weighted by molar-refractivity contribution is 0.565. The monoisotopic (exact) mass is 287 g/mol. The molecule has 0 aliphatic heterocycles. The summed E-state index contributed by atoms with van der Waals surface area (Å²) in [5, 5.41) is 7.38. The zero-order valence-electron chi connectivity index (χ0n) is 9.96. The third-order valence-corrected chi connectivity index (χ3v) is 3.20. The molecule has 4 nitrogen and oxygen atoms in total. The third kappa shape index (κ3) is 3.07. The first-order valence-electron chi connectivity index (χ1n) is 5.62. The average molecular weight is 288 g/mol. The van der Waals surface area contributed by atoms with Crippen molar-refractivity contribution in [3.05, 3.63) is 21.0 Å². The molecule has 0 bridgehead atoms. The molecular weight excluding hydrogens is 270 g/mol. The first-order chi connectivity index (χ1) is 7.60. The first kappa shape index (κ1) is 13.2. The van der Waals surface area contributed by atoms with Crippen LogP contribution in [0, 0.1) is 0 Å². The lowest BCUT2D eigenvalue weighted by Crippen LogP contribution is -2.25. The fourth-order valence-electron chi connectivity index (χ4n) is 1.30. The van der Waals surface area contributed by atoms with Crippen molar-refractivity contribution in [2.24, 2.45) is 0 Å². The average Bonchev–Trinajstić information content (AvgIpc) is 2.28. The van der Waals surface area contributed by atoms with Crippen LogP contribution in [0.4, 0.5) is 5.69 Å². The lowest BCUT2D eigenvalue weighted by Gasteiger charge is -2.14. The van der Waals surface area contributed by atoms with E-state index < -0.39 is 0 Å². The van der Waals surface area contributed by atoms with Crippen LogP contribution in [0.1, 0.15) is 33.6 Å². The number of halogens is 1. The molecule has 0 radical (unpaired) electrons. The summed E-state index contributed by atoms with van der Waals surface area (Å²) >= 11 is 3.32. The summed E-state index contributed by atoms with van der Waals surface area (Å²) in [6.45, 7) is 6.84. The minimum atomic E-state index is -0.0739. The van der Waals surface area contributed by atoms with Gasteiger partial charge in [-0.05, 0) is 35.7 Å². The maximum Gasteiger partial charge on any atom is 0.283 e. The van der Waals surface area contributed by atoms with Crippen molar-refractivity contribution in [3.8, 4) is 0 Å². The van der Waals surface area contributed by atoms with Crippen LogP contribution in [0.25, 0.3) is 0 Å². The van der Waals surface area contributed by atoms with Crippen molar-refractivity contribution in [2.45, 2.75) is 46.2 Å². The van der Waals surface area contributed by atoms with Crippen molar-refractivity contribution in [2.75, 3.05) is 5.32 Å². The Morgan fingerprint density at radius 1 is 1.56 bits per heavy atom. The Bertz CT molecular complexity index is 403. The summed E-state index contributed by atoms with van der Waals surface area (Å²) in [6, 6.07) is 0.333. The van der Waals surface area contributed by atoms with E-state index >= 15 is 0 Å². The number of aromatic nitrogens is 2. The molecular formula is C11H18BrN3O. The Morgan fingerprint density at radius 2 is 2.25 bits per heavy atom. The highest BCUT2D eigenvalue weighted by Crippen LogP contribution is 2.17. The van der Waals surface area contributed by atoms with E-state index in [2.05, 4.69) is 40.2 Å². The van der Waals surface area contributed by atoms with Gasteiger partial charge in [0.15, 0.2) is 0 Å². The van der Waals surface area contributed by atoms with Crippen LogP contribution in [0.5, 0.6) is 0 Å². The van der Waals surface area contributed by atoms with Crippen molar-refractivity contribution < 1.29 is 0 Å². The zero-order chi connectivity index (χ0) is 12.1. The van der Waals surface area contributed by atoms with Crippen LogP contribution >= 0.6 is 15.9 Å². The number of anilines is 1. The topological polar surface area (TPSA) is 46.9 Å². The molecule has 0 saturated carbocycles. The predicted octanol–water partition coefficient (Wildman–Crippen LogP) is 2.63. The number of aryl methyl sites for hydroxylation is 1. The molecule has 1 aromatic rings. The second-order valence-electron chi connectivity index (χ2n) is 3.85. The summed E-state index contributed by atoms with van der Waals surface area (Å²) in [4.78, 5) is 11.9. The van der Waals surface area contributed by atoms with Gasteiger partial charge in [-0.15, -0.1) is 0 Å². The van der Waals surface area contributed by atoms with Crippen LogP contribution in [0.15, 0.2) is 15.5 Å². The molecule has 0 aliphatic carbocycles. The van der Waals surface area contributed by atoms with Gasteiger partial charge in [0.05, 0.1) is 11.9 Å². The molecule has 1 aromatic heterocycles. The molecule has 0 saturated heterocycles. The Kier molecular flexibility index (Phi) is 4.99. The Balaban J connectivity index is 2.98.